The number of hydrogen-bond acceptors (Lipinski definition) is 8. The van der Waals surface area contributed by atoms with Crippen molar-refractivity contribution in [3.8, 4) is 17.1 Å². The smallest absolute Gasteiger partial charge is 0.337 e. The molecule has 0 aliphatic rings. The molecule has 0 radical (unpaired) electrons. The van der Waals surface area contributed by atoms with Gasteiger partial charge in [0.2, 0.25) is 11.1 Å². The summed E-state index contributed by atoms with van der Waals surface area (Å²) in [6.45, 7) is 0. The van der Waals surface area contributed by atoms with Crippen LogP contribution in [-0.4, -0.2) is 46.7 Å². The molecule has 2 aromatic carbocycles. The van der Waals surface area contributed by atoms with Crippen LogP contribution < -0.4 is 15.9 Å². The molecule has 29 heavy (non-hydrogen) atoms. The second-order valence-corrected chi connectivity index (χ2v) is 6.76. The maximum atomic E-state index is 12.2. The first kappa shape index (κ1) is 20.2. The van der Waals surface area contributed by atoms with Crippen molar-refractivity contribution in [2.45, 2.75) is 5.16 Å². The van der Waals surface area contributed by atoms with Gasteiger partial charge >= 0.3 is 5.97 Å². The number of nitrogens with zero attached hydrogens (tertiary/aromatic N) is 3. The Hall–Kier alpha value is -3.53. The Balaban J connectivity index is 1.62. The van der Waals surface area contributed by atoms with E-state index in [9.17, 15) is 9.59 Å². The maximum Gasteiger partial charge on any atom is 0.337 e. The molecule has 1 aromatic heterocycles. The second kappa shape index (κ2) is 9.11. The molecule has 0 aliphatic heterocycles. The molecule has 3 rings (SSSR count). The van der Waals surface area contributed by atoms with Gasteiger partial charge in [0.05, 0.1) is 25.5 Å². The van der Waals surface area contributed by atoms with Crippen LogP contribution in [0.1, 0.15) is 10.4 Å². The van der Waals surface area contributed by atoms with E-state index < -0.39 is 5.97 Å². The van der Waals surface area contributed by atoms with Crippen LogP contribution >= 0.6 is 11.8 Å². The number of nitrogens with two attached hydrogens (primary N) is 1. The predicted molar refractivity (Wildman–Crippen MR) is 109 cm³/mol. The van der Waals surface area contributed by atoms with Crippen molar-refractivity contribution in [3.63, 3.8) is 0 Å². The number of methoxy groups -OCH3 is 2. The number of rotatable bonds is 7. The fraction of sp³-hybridized carbons (Fsp3) is 0.158. The minimum absolute atomic E-state index is 0.0698. The number of nitrogens with one attached hydrogen (secondary N) is 1. The van der Waals surface area contributed by atoms with Crippen LogP contribution in [-0.2, 0) is 9.53 Å². The molecular formula is C19H19N5O4S. The molecule has 150 valence electrons. The molecule has 0 unspecified atom stereocenters. The van der Waals surface area contributed by atoms with Crippen molar-refractivity contribution < 1.29 is 19.1 Å². The van der Waals surface area contributed by atoms with Gasteiger partial charge < -0.3 is 20.6 Å². The van der Waals surface area contributed by atoms with Gasteiger partial charge in [0, 0.05) is 11.3 Å². The van der Waals surface area contributed by atoms with Crippen LogP contribution in [0.2, 0.25) is 0 Å². The number of anilines is 1. The zero-order valence-corrected chi connectivity index (χ0v) is 16.6. The molecule has 0 aliphatic carbocycles. The quantitative estimate of drug-likeness (QED) is 0.343. The van der Waals surface area contributed by atoms with Crippen LogP contribution in [0.3, 0.4) is 0 Å². The minimum Gasteiger partial charge on any atom is -0.497 e. The first-order chi connectivity index (χ1) is 14.0. The van der Waals surface area contributed by atoms with E-state index in [1.165, 1.54) is 11.8 Å². The van der Waals surface area contributed by atoms with Gasteiger partial charge in [-0.1, -0.05) is 17.8 Å². The number of thioether (sulfide) groups is 1. The van der Waals surface area contributed by atoms with Crippen molar-refractivity contribution in [1.29, 1.82) is 0 Å². The molecule has 9 nitrogen and oxygen atoms in total. The predicted octanol–water partition coefficient (Wildman–Crippen LogP) is 2.18. The van der Waals surface area contributed by atoms with Gasteiger partial charge in [-0.15, -0.1) is 10.2 Å². The molecule has 3 aromatic rings. The van der Waals surface area contributed by atoms with Crippen LogP contribution in [0.15, 0.2) is 53.7 Å². The van der Waals surface area contributed by atoms with Gasteiger partial charge in [-0.3, -0.25) is 4.79 Å². The first-order valence-electron chi connectivity index (χ1n) is 8.47. The van der Waals surface area contributed by atoms with E-state index in [1.54, 1.807) is 43.5 Å². The normalized spacial score (nSPS) is 10.4. The molecular weight excluding hydrogens is 394 g/mol. The Morgan fingerprint density at radius 2 is 1.90 bits per heavy atom. The van der Waals surface area contributed by atoms with Crippen molar-refractivity contribution in [2.75, 3.05) is 31.1 Å². The lowest BCUT2D eigenvalue weighted by Gasteiger charge is -2.07. The van der Waals surface area contributed by atoms with E-state index in [0.717, 1.165) is 23.1 Å². The highest BCUT2D eigenvalue weighted by Crippen LogP contribution is 2.23. The van der Waals surface area contributed by atoms with E-state index in [0.29, 0.717) is 22.2 Å². The average molecular weight is 413 g/mol. The summed E-state index contributed by atoms with van der Waals surface area (Å²) in [5, 5.41) is 11.2. The molecule has 0 fully saturated rings. The number of carbonyl (C=O) groups is 2. The van der Waals surface area contributed by atoms with Crippen LogP contribution in [0, 0.1) is 0 Å². The molecule has 1 heterocycles. The van der Waals surface area contributed by atoms with Gasteiger partial charge in [-0.05, 0) is 42.5 Å². The highest BCUT2D eigenvalue weighted by molar-refractivity contribution is 7.99. The molecule has 10 heteroatoms. The Morgan fingerprint density at radius 3 is 2.59 bits per heavy atom. The van der Waals surface area contributed by atoms with E-state index in [1.807, 2.05) is 12.1 Å². The van der Waals surface area contributed by atoms with E-state index >= 15 is 0 Å². The van der Waals surface area contributed by atoms with Gasteiger partial charge in [-0.2, -0.15) is 0 Å². The number of hydrogen-bond donors (Lipinski definition) is 2. The van der Waals surface area contributed by atoms with Crippen LogP contribution in [0.5, 0.6) is 5.75 Å². The van der Waals surface area contributed by atoms with Crippen molar-refractivity contribution >= 4 is 29.3 Å². The molecule has 3 N–H and O–H groups in total. The number of nitrogen functional groups attached to an aromatic ring is 1. The van der Waals surface area contributed by atoms with Crippen LogP contribution in [0.25, 0.3) is 11.4 Å². The highest BCUT2D eigenvalue weighted by Gasteiger charge is 2.14. The summed E-state index contributed by atoms with van der Waals surface area (Å²) in [7, 11) is 2.89. The second-order valence-electron chi connectivity index (χ2n) is 5.81. The zero-order chi connectivity index (χ0) is 20.8. The summed E-state index contributed by atoms with van der Waals surface area (Å²) in [4.78, 5) is 23.8. The number of aromatic nitrogens is 3. The fourth-order valence-electron chi connectivity index (χ4n) is 2.48. The summed E-state index contributed by atoms with van der Waals surface area (Å²) in [5.74, 6) is 6.59. The number of carbonyl (C=O) groups excluding carboxylic acids is 2. The Morgan fingerprint density at radius 1 is 1.14 bits per heavy atom. The third kappa shape index (κ3) is 4.85. The summed E-state index contributed by atoms with van der Waals surface area (Å²) >= 11 is 1.15. The monoisotopic (exact) mass is 413 g/mol. The lowest BCUT2D eigenvalue weighted by Crippen LogP contribution is -2.16. The van der Waals surface area contributed by atoms with Crippen molar-refractivity contribution in [2.24, 2.45) is 0 Å². The third-order valence-corrected chi connectivity index (χ3v) is 4.86. The standard InChI is InChI=1S/C19H19N5O4S/c1-27-15-8-6-12(7-9-15)17-22-23-19(24(17)20)29-11-16(25)21-14-5-3-4-13(10-14)18(26)28-2/h3-10H,11,20H2,1-2H3,(H,21,25). The van der Waals surface area contributed by atoms with E-state index in [-0.39, 0.29) is 11.7 Å². The fourth-order valence-corrected chi connectivity index (χ4v) is 3.14. The SMILES string of the molecule is COC(=O)c1cccc(NC(=O)CSc2nnc(-c3ccc(OC)cc3)n2N)c1. The van der Waals surface area contributed by atoms with Crippen LogP contribution in [0.4, 0.5) is 5.69 Å². The lowest BCUT2D eigenvalue weighted by atomic mass is 10.2. The Bertz CT molecular complexity index is 1020. The molecule has 0 saturated heterocycles. The number of amides is 1. The molecule has 1 amide bonds. The van der Waals surface area contributed by atoms with Gasteiger partial charge in [0.25, 0.3) is 0 Å². The van der Waals surface area contributed by atoms with Crippen molar-refractivity contribution in [3.05, 3.63) is 54.1 Å². The Kier molecular flexibility index (Phi) is 6.35. The lowest BCUT2D eigenvalue weighted by molar-refractivity contribution is -0.113. The van der Waals surface area contributed by atoms with Gasteiger partial charge in [0.15, 0.2) is 5.82 Å². The molecule has 0 bridgehead atoms. The number of esters is 1. The Labute approximate surface area is 171 Å². The molecule has 0 atom stereocenters. The molecule has 0 saturated carbocycles. The summed E-state index contributed by atoms with van der Waals surface area (Å²) in [6.07, 6.45) is 0. The average Bonchev–Trinajstić information content (AvgIpc) is 3.12. The highest BCUT2D eigenvalue weighted by atomic mass is 32.2. The topological polar surface area (TPSA) is 121 Å². The summed E-state index contributed by atoms with van der Waals surface area (Å²) in [6, 6.07) is 13.7. The first-order valence-corrected chi connectivity index (χ1v) is 9.46. The number of benzene rings is 2. The van der Waals surface area contributed by atoms with E-state index in [2.05, 4.69) is 20.3 Å². The third-order valence-electron chi connectivity index (χ3n) is 3.91. The number of ether oxygens (including phenoxy) is 2. The van der Waals surface area contributed by atoms with Gasteiger partial charge in [-0.25, -0.2) is 9.47 Å². The molecule has 0 spiro atoms. The zero-order valence-electron chi connectivity index (χ0n) is 15.8. The summed E-state index contributed by atoms with van der Waals surface area (Å²) in [5.41, 5.74) is 1.62. The summed E-state index contributed by atoms with van der Waals surface area (Å²) < 4.78 is 11.1. The van der Waals surface area contributed by atoms with Crippen molar-refractivity contribution in [1.82, 2.24) is 14.9 Å². The maximum absolute atomic E-state index is 12.2. The van der Waals surface area contributed by atoms with Gasteiger partial charge in [0.1, 0.15) is 5.75 Å². The van der Waals surface area contributed by atoms with E-state index in [4.69, 9.17) is 10.6 Å². The minimum atomic E-state index is -0.474. The largest absolute Gasteiger partial charge is 0.497 e.